The van der Waals surface area contributed by atoms with Crippen LogP contribution in [0.1, 0.15) is 74.8 Å². The first-order valence-corrected chi connectivity index (χ1v) is 14.1. The Bertz CT molecular complexity index is 1180. The number of amides is 1. The van der Waals surface area contributed by atoms with E-state index in [2.05, 4.69) is 57.4 Å². The third-order valence-electron chi connectivity index (χ3n) is 7.89. The van der Waals surface area contributed by atoms with Gasteiger partial charge in [0.05, 0.1) is 18.7 Å². The Labute approximate surface area is 220 Å². The largest absolute Gasteiger partial charge is 0.379 e. The van der Waals surface area contributed by atoms with Crippen molar-refractivity contribution in [2.24, 2.45) is 11.8 Å². The molecule has 37 heavy (non-hydrogen) atoms. The Morgan fingerprint density at radius 3 is 2.76 bits per heavy atom. The van der Waals surface area contributed by atoms with Gasteiger partial charge in [-0.05, 0) is 66.8 Å². The average molecular weight is 504 g/mol. The van der Waals surface area contributed by atoms with Crippen LogP contribution in [0.4, 0.5) is 0 Å². The third-order valence-corrected chi connectivity index (χ3v) is 7.89. The summed E-state index contributed by atoms with van der Waals surface area (Å²) in [5.74, 6) is 1.44. The van der Waals surface area contributed by atoms with Crippen molar-refractivity contribution in [1.29, 1.82) is 0 Å². The van der Waals surface area contributed by atoms with Crippen molar-refractivity contribution >= 4 is 16.8 Å². The molecule has 2 fully saturated rings. The maximum Gasteiger partial charge on any atom is 0.272 e. The molecule has 2 unspecified atom stereocenters. The Morgan fingerprint density at radius 2 is 1.92 bits per heavy atom. The summed E-state index contributed by atoms with van der Waals surface area (Å²) in [6.45, 7) is 8.96. The first-order valence-electron chi connectivity index (χ1n) is 14.1. The van der Waals surface area contributed by atoms with E-state index < -0.39 is 0 Å². The topological polar surface area (TPSA) is 83.1 Å². The molecule has 1 amide bonds. The molecule has 0 spiro atoms. The molecule has 2 aromatic heterocycles. The minimum atomic E-state index is -0.0754. The van der Waals surface area contributed by atoms with Crippen LogP contribution in [0.15, 0.2) is 36.7 Å². The molecule has 5 rings (SSSR count). The molecule has 1 saturated heterocycles. The van der Waals surface area contributed by atoms with Gasteiger partial charge in [0.25, 0.3) is 5.91 Å². The molecule has 3 heterocycles. The quantitative estimate of drug-likeness (QED) is 0.440. The van der Waals surface area contributed by atoms with E-state index in [1.54, 1.807) is 0 Å². The van der Waals surface area contributed by atoms with E-state index in [1.165, 1.54) is 37.7 Å². The number of benzene rings is 1. The van der Waals surface area contributed by atoms with E-state index >= 15 is 0 Å². The number of hydrogen-bond acceptors (Lipinski definition) is 5. The highest BCUT2D eigenvalue weighted by molar-refractivity contribution is 6.05. The lowest BCUT2D eigenvalue weighted by atomic mass is 9.84. The number of aromatic nitrogens is 3. The number of H-pyrrole nitrogens is 1. The molecular formula is C30H41N5O2. The zero-order valence-electron chi connectivity index (χ0n) is 22.3. The molecule has 1 aromatic carbocycles. The number of carbonyl (C=O) groups excluding carboxylic acids is 1. The minimum Gasteiger partial charge on any atom is -0.379 e. The Balaban J connectivity index is 1.29. The first-order chi connectivity index (χ1) is 18.0. The van der Waals surface area contributed by atoms with Crippen molar-refractivity contribution in [3.05, 3.63) is 47.9 Å². The average Bonchev–Trinajstić information content (AvgIpc) is 3.32. The molecule has 7 nitrogen and oxygen atoms in total. The van der Waals surface area contributed by atoms with Gasteiger partial charge in [-0.1, -0.05) is 39.2 Å². The SMILES string of the molecule is CC(C)CC1CCCCC(NC(=O)c2n[nH]c3ccc(-c4cncc(CN5CCOCC5)c4)cc23)CC1. The minimum absolute atomic E-state index is 0.0754. The van der Waals surface area contributed by atoms with E-state index in [4.69, 9.17) is 4.74 Å². The zero-order valence-corrected chi connectivity index (χ0v) is 22.3. The number of aromatic amines is 1. The van der Waals surface area contributed by atoms with Gasteiger partial charge < -0.3 is 10.1 Å². The fraction of sp³-hybridized carbons (Fsp3) is 0.567. The van der Waals surface area contributed by atoms with Gasteiger partial charge in [0, 0.05) is 49.0 Å². The summed E-state index contributed by atoms with van der Waals surface area (Å²) in [5.41, 5.74) is 4.64. The fourth-order valence-electron chi connectivity index (χ4n) is 5.97. The van der Waals surface area contributed by atoms with Crippen LogP contribution in [0.25, 0.3) is 22.0 Å². The lowest BCUT2D eigenvalue weighted by Gasteiger charge is -2.26. The van der Waals surface area contributed by atoms with Gasteiger partial charge in [0.15, 0.2) is 5.69 Å². The van der Waals surface area contributed by atoms with E-state index in [9.17, 15) is 4.79 Å². The van der Waals surface area contributed by atoms with Crippen molar-refractivity contribution in [1.82, 2.24) is 25.4 Å². The molecule has 198 valence electrons. The monoisotopic (exact) mass is 503 g/mol. The zero-order chi connectivity index (χ0) is 25.6. The Kier molecular flexibility index (Phi) is 8.52. The predicted octanol–water partition coefficient (Wildman–Crippen LogP) is 5.57. The van der Waals surface area contributed by atoms with Crippen LogP contribution in [0.2, 0.25) is 0 Å². The van der Waals surface area contributed by atoms with E-state index in [1.807, 2.05) is 18.5 Å². The molecule has 1 saturated carbocycles. The van der Waals surface area contributed by atoms with Gasteiger partial charge in [-0.15, -0.1) is 0 Å². The van der Waals surface area contributed by atoms with Crippen molar-refractivity contribution in [3.8, 4) is 11.1 Å². The summed E-state index contributed by atoms with van der Waals surface area (Å²) < 4.78 is 5.47. The van der Waals surface area contributed by atoms with Crippen molar-refractivity contribution in [3.63, 3.8) is 0 Å². The number of ether oxygens (including phenoxy) is 1. The Hall–Kier alpha value is -2.77. The number of morpholine rings is 1. The summed E-state index contributed by atoms with van der Waals surface area (Å²) in [6.07, 6.45) is 12.2. The van der Waals surface area contributed by atoms with E-state index in [-0.39, 0.29) is 11.9 Å². The lowest BCUT2D eigenvalue weighted by Crippen LogP contribution is -2.36. The smallest absolute Gasteiger partial charge is 0.272 e. The maximum absolute atomic E-state index is 13.3. The molecule has 7 heteroatoms. The van der Waals surface area contributed by atoms with Crippen LogP contribution < -0.4 is 5.32 Å². The molecule has 1 aliphatic heterocycles. The molecule has 2 N–H and O–H groups in total. The maximum atomic E-state index is 13.3. The predicted molar refractivity (Wildman–Crippen MR) is 147 cm³/mol. The number of rotatable bonds is 7. The summed E-state index contributed by atoms with van der Waals surface area (Å²) in [6, 6.07) is 8.57. The van der Waals surface area contributed by atoms with Crippen LogP contribution in [-0.2, 0) is 11.3 Å². The second-order valence-electron chi connectivity index (χ2n) is 11.3. The molecule has 1 aliphatic carbocycles. The molecule has 3 aromatic rings. The molecule has 2 aliphatic rings. The van der Waals surface area contributed by atoms with Crippen molar-refractivity contribution in [2.75, 3.05) is 26.3 Å². The van der Waals surface area contributed by atoms with Crippen molar-refractivity contribution < 1.29 is 9.53 Å². The Morgan fingerprint density at radius 1 is 1.08 bits per heavy atom. The van der Waals surface area contributed by atoms with Crippen LogP contribution in [0, 0.1) is 11.8 Å². The molecular weight excluding hydrogens is 462 g/mol. The van der Waals surface area contributed by atoms with Gasteiger partial charge in [-0.3, -0.25) is 19.8 Å². The highest BCUT2D eigenvalue weighted by Crippen LogP contribution is 2.29. The number of nitrogens with one attached hydrogen (secondary N) is 2. The number of hydrogen-bond donors (Lipinski definition) is 2. The van der Waals surface area contributed by atoms with E-state index in [0.717, 1.165) is 79.6 Å². The number of nitrogens with zero attached hydrogens (tertiary/aromatic N) is 3. The third kappa shape index (κ3) is 6.76. The standard InChI is InChI=1S/C30H41N5O2/c1-21(2)15-22-5-3-4-6-26(9-7-22)32-30(36)29-27-17-24(8-10-28(27)33-34-29)25-16-23(18-31-19-25)20-35-11-13-37-14-12-35/h8,10,16-19,21-22,26H,3-7,9,11-15,20H2,1-2H3,(H,32,36)(H,33,34). The second kappa shape index (κ2) is 12.2. The number of pyridine rings is 1. The van der Waals surface area contributed by atoms with Gasteiger partial charge >= 0.3 is 0 Å². The van der Waals surface area contributed by atoms with Crippen LogP contribution >= 0.6 is 0 Å². The lowest BCUT2D eigenvalue weighted by molar-refractivity contribution is 0.0341. The van der Waals surface area contributed by atoms with Gasteiger partial charge in [-0.25, -0.2) is 0 Å². The highest BCUT2D eigenvalue weighted by atomic mass is 16.5. The number of carbonyl (C=O) groups is 1. The van der Waals surface area contributed by atoms with Crippen LogP contribution in [0.5, 0.6) is 0 Å². The summed E-state index contributed by atoms with van der Waals surface area (Å²) in [4.78, 5) is 20.3. The van der Waals surface area contributed by atoms with Gasteiger partial charge in [0.1, 0.15) is 0 Å². The van der Waals surface area contributed by atoms with Crippen LogP contribution in [-0.4, -0.2) is 58.3 Å². The van der Waals surface area contributed by atoms with Gasteiger partial charge in [-0.2, -0.15) is 5.10 Å². The molecule has 0 radical (unpaired) electrons. The summed E-state index contributed by atoms with van der Waals surface area (Å²) in [7, 11) is 0. The van der Waals surface area contributed by atoms with Crippen LogP contribution in [0.3, 0.4) is 0 Å². The first kappa shape index (κ1) is 25.9. The number of fused-ring (bicyclic) bond motifs is 1. The highest BCUT2D eigenvalue weighted by Gasteiger charge is 2.22. The van der Waals surface area contributed by atoms with E-state index in [0.29, 0.717) is 5.69 Å². The summed E-state index contributed by atoms with van der Waals surface area (Å²) >= 11 is 0. The normalized spacial score (nSPS) is 21.6. The second-order valence-corrected chi connectivity index (χ2v) is 11.3. The molecule has 2 atom stereocenters. The molecule has 0 bridgehead atoms. The fourth-order valence-corrected chi connectivity index (χ4v) is 5.97. The van der Waals surface area contributed by atoms with Gasteiger partial charge in [0.2, 0.25) is 0 Å². The van der Waals surface area contributed by atoms with Crippen molar-refractivity contribution in [2.45, 2.75) is 71.4 Å². The summed E-state index contributed by atoms with van der Waals surface area (Å²) in [5, 5.41) is 11.6.